The van der Waals surface area contributed by atoms with Crippen LogP contribution < -0.4 is 16.0 Å². The number of aromatic carboxylic acids is 1. The third kappa shape index (κ3) is 8.24. The molecule has 47 heavy (non-hydrogen) atoms. The van der Waals surface area contributed by atoms with Gasteiger partial charge in [-0.3, -0.25) is 14.4 Å². The third-order valence-corrected chi connectivity index (χ3v) is 8.54. The van der Waals surface area contributed by atoms with Crippen LogP contribution in [0.3, 0.4) is 0 Å². The summed E-state index contributed by atoms with van der Waals surface area (Å²) in [5, 5.41) is 28.8. The van der Waals surface area contributed by atoms with Crippen LogP contribution in [0.15, 0.2) is 126 Å². The van der Waals surface area contributed by atoms with E-state index in [1.807, 2.05) is 55.5 Å². The summed E-state index contributed by atoms with van der Waals surface area (Å²) in [5.41, 5.74) is 1.59. The number of anilines is 2. The van der Waals surface area contributed by atoms with E-state index >= 15 is 0 Å². The van der Waals surface area contributed by atoms with Crippen molar-refractivity contribution >= 4 is 63.7 Å². The highest BCUT2D eigenvalue weighted by molar-refractivity contribution is 8.00. The lowest BCUT2D eigenvalue weighted by atomic mass is 10.0. The summed E-state index contributed by atoms with van der Waals surface area (Å²) >= 11 is 1.28. The summed E-state index contributed by atoms with van der Waals surface area (Å²) in [6, 6.07) is 32.9. The van der Waals surface area contributed by atoms with E-state index in [1.54, 1.807) is 54.6 Å². The van der Waals surface area contributed by atoms with Crippen LogP contribution in [0.2, 0.25) is 0 Å². The molecule has 0 saturated heterocycles. The highest BCUT2D eigenvalue weighted by atomic mass is 32.2. The Labute approximate surface area is 275 Å². The molecule has 0 fully saturated rings. The molecule has 0 radical (unpaired) electrons. The van der Waals surface area contributed by atoms with Gasteiger partial charge in [0.2, 0.25) is 5.91 Å². The second kappa shape index (κ2) is 14.9. The fourth-order valence-corrected chi connectivity index (χ4v) is 5.83. The maximum absolute atomic E-state index is 13.7. The third-order valence-electron chi connectivity index (χ3n) is 7.18. The number of amides is 3. The first-order valence-corrected chi connectivity index (χ1v) is 15.6. The molecule has 0 heterocycles. The van der Waals surface area contributed by atoms with Gasteiger partial charge in [0.1, 0.15) is 17.0 Å². The Morgan fingerprint density at radius 2 is 1.49 bits per heavy atom. The maximum atomic E-state index is 13.7. The fraction of sp³-hybridized carbons (Fsp3) is 0.0811. The highest BCUT2D eigenvalue weighted by Crippen LogP contribution is 2.30. The monoisotopic (exact) mass is 645 g/mol. The van der Waals surface area contributed by atoms with Crippen LogP contribution in [-0.4, -0.2) is 39.2 Å². The predicted molar refractivity (Wildman–Crippen MR) is 185 cm³/mol. The Balaban J connectivity index is 1.35. The highest BCUT2D eigenvalue weighted by Gasteiger charge is 2.21. The fourth-order valence-electron chi connectivity index (χ4n) is 4.81. The van der Waals surface area contributed by atoms with Crippen molar-refractivity contribution in [2.45, 2.75) is 23.5 Å². The average molecular weight is 646 g/mol. The molecule has 5 rings (SSSR count). The molecule has 236 valence electrons. The van der Waals surface area contributed by atoms with E-state index in [2.05, 4.69) is 16.0 Å². The molecule has 9 nitrogen and oxygen atoms in total. The molecule has 10 heteroatoms. The van der Waals surface area contributed by atoms with Gasteiger partial charge in [-0.05, 0) is 77.4 Å². The molecule has 1 atom stereocenters. The van der Waals surface area contributed by atoms with E-state index in [1.165, 1.54) is 30.0 Å². The number of aromatic hydroxyl groups is 1. The van der Waals surface area contributed by atoms with Gasteiger partial charge in [0.15, 0.2) is 0 Å². The molecule has 0 bridgehead atoms. The topological polar surface area (TPSA) is 145 Å². The van der Waals surface area contributed by atoms with Crippen molar-refractivity contribution in [3.05, 3.63) is 138 Å². The average Bonchev–Trinajstić information content (AvgIpc) is 3.08. The second-order valence-corrected chi connectivity index (χ2v) is 11.7. The molecule has 0 aliphatic carbocycles. The van der Waals surface area contributed by atoms with Gasteiger partial charge in [0, 0.05) is 21.8 Å². The van der Waals surface area contributed by atoms with Crippen LogP contribution in [0, 0.1) is 0 Å². The summed E-state index contributed by atoms with van der Waals surface area (Å²) in [6.07, 6.45) is 2.11. The number of hydrogen-bond donors (Lipinski definition) is 5. The summed E-state index contributed by atoms with van der Waals surface area (Å²) < 4.78 is 0. The first-order chi connectivity index (χ1) is 22.7. The van der Waals surface area contributed by atoms with Crippen molar-refractivity contribution in [3.8, 4) is 5.75 Å². The number of carboxylic acid groups (broad SMARTS) is 1. The van der Waals surface area contributed by atoms with Crippen LogP contribution in [0.1, 0.15) is 39.6 Å². The number of phenols is 1. The summed E-state index contributed by atoms with van der Waals surface area (Å²) in [4.78, 5) is 52.0. The lowest BCUT2D eigenvalue weighted by Gasteiger charge is -2.16. The zero-order valence-electron chi connectivity index (χ0n) is 25.3. The van der Waals surface area contributed by atoms with Gasteiger partial charge < -0.3 is 26.2 Å². The smallest absolute Gasteiger partial charge is 0.339 e. The van der Waals surface area contributed by atoms with Crippen molar-refractivity contribution in [3.63, 3.8) is 0 Å². The Hall–Kier alpha value is -5.87. The zero-order chi connectivity index (χ0) is 33.3. The second-order valence-electron chi connectivity index (χ2n) is 10.5. The summed E-state index contributed by atoms with van der Waals surface area (Å²) in [5.74, 6) is -3.02. The largest absolute Gasteiger partial charge is 0.507 e. The minimum Gasteiger partial charge on any atom is -0.507 e. The Morgan fingerprint density at radius 3 is 2.26 bits per heavy atom. The number of carbonyl (C=O) groups is 4. The first kappa shape index (κ1) is 32.5. The van der Waals surface area contributed by atoms with E-state index in [0.717, 1.165) is 16.3 Å². The molecule has 0 spiro atoms. The molecule has 1 unspecified atom stereocenters. The molecule has 0 aliphatic rings. The van der Waals surface area contributed by atoms with Crippen molar-refractivity contribution in [1.29, 1.82) is 0 Å². The molecular weight excluding hydrogens is 614 g/mol. The number of carboxylic acids is 1. The Kier molecular flexibility index (Phi) is 10.3. The van der Waals surface area contributed by atoms with Gasteiger partial charge in [-0.1, -0.05) is 73.7 Å². The lowest BCUT2D eigenvalue weighted by molar-refractivity contribution is -0.116. The lowest BCUT2D eigenvalue weighted by Crippen LogP contribution is -2.30. The van der Waals surface area contributed by atoms with Gasteiger partial charge in [-0.2, -0.15) is 0 Å². The normalized spacial score (nSPS) is 11.8. The molecule has 3 amide bonds. The molecule has 5 aromatic rings. The van der Waals surface area contributed by atoms with Crippen LogP contribution in [-0.2, 0) is 9.59 Å². The molecule has 0 aliphatic heterocycles. The van der Waals surface area contributed by atoms with Crippen LogP contribution >= 0.6 is 11.8 Å². The number of carbonyl (C=O) groups excluding carboxylic acids is 3. The van der Waals surface area contributed by atoms with Gasteiger partial charge in [-0.25, -0.2) is 4.79 Å². The zero-order valence-corrected chi connectivity index (χ0v) is 26.1. The van der Waals surface area contributed by atoms with Gasteiger partial charge in [0.25, 0.3) is 11.8 Å². The van der Waals surface area contributed by atoms with Gasteiger partial charge in [0.05, 0.1) is 5.25 Å². The molecule has 0 aromatic heterocycles. The Morgan fingerprint density at radius 1 is 0.787 bits per heavy atom. The molecule has 5 aromatic carbocycles. The van der Waals surface area contributed by atoms with Gasteiger partial charge >= 0.3 is 5.97 Å². The van der Waals surface area contributed by atoms with Crippen molar-refractivity contribution in [2.24, 2.45) is 0 Å². The van der Waals surface area contributed by atoms with E-state index in [0.29, 0.717) is 22.6 Å². The number of rotatable bonds is 11. The van der Waals surface area contributed by atoms with E-state index < -0.39 is 28.8 Å². The predicted octanol–water partition coefficient (Wildman–Crippen LogP) is 7.16. The number of thioether (sulfide) groups is 1. The van der Waals surface area contributed by atoms with Crippen LogP contribution in [0.4, 0.5) is 11.4 Å². The van der Waals surface area contributed by atoms with Crippen molar-refractivity contribution in [1.82, 2.24) is 5.32 Å². The summed E-state index contributed by atoms with van der Waals surface area (Å²) in [7, 11) is 0. The molecular formula is C37H31N3O6S. The number of nitrogens with one attached hydrogen (secondary N) is 3. The minimum atomic E-state index is -1.31. The van der Waals surface area contributed by atoms with E-state index in [4.69, 9.17) is 0 Å². The molecule has 5 N–H and O–H groups in total. The number of fused-ring (bicyclic) bond motifs is 1. The van der Waals surface area contributed by atoms with Crippen LogP contribution in [0.5, 0.6) is 5.75 Å². The minimum absolute atomic E-state index is 0.0497. The SMILES string of the molecule is CCC(Sc1cccc(NC(=O)/C(=C\c2cccc3ccccc23)NC(=O)c2ccccc2)c1)C(=O)Nc1ccc(O)c(C(=O)O)c1. The van der Waals surface area contributed by atoms with Crippen LogP contribution in [0.25, 0.3) is 16.8 Å². The van der Waals surface area contributed by atoms with Gasteiger partial charge in [-0.15, -0.1) is 11.8 Å². The Bertz CT molecular complexity index is 1990. The quantitative estimate of drug-likeness (QED) is 0.0582. The van der Waals surface area contributed by atoms with Crippen molar-refractivity contribution in [2.75, 3.05) is 10.6 Å². The van der Waals surface area contributed by atoms with Crippen molar-refractivity contribution < 1.29 is 29.4 Å². The standard InChI is InChI=1S/C37H31N3O6S/c1-2-33(36(44)39-27-18-19-32(41)30(22-27)37(45)46)47-28-16-9-15-26(21-28)38-35(43)31(40-34(42)24-11-4-3-5-12-24)20-25-14-8-13-23-10-6-7-17-29(23)25/h3-22,33,41H,2H2,1H3,(H,38,43)(H,39,44)(H,40,42)(H,45,46)/b31-20+. The maximum Gasteiger partial charge on any atom is 0.339 e. The number of benzene rings is 5. The van der Waals surface area contributed by atoms with E-state index in [9.17, 15) is 29.4 Å². The molecule has 0 saturated carbocycles. The summed E-state index contributed by atoms with van der Waals surface area (Å²) in [6.45, 7) is 1.85. The van der Waals surface area contributed by atoms with E-state index in [-0.39, 0.29) is 22.9 Å². The first-order valence-electron chi connectivity index (χ1n) is 14.7. The number of hydrogen-bond acceptors (Lipinski definition) is 6.